The number of nitrogens with zero attached hydrogens (tertiary/aromatic N) is 4. The Morgan fingerprint density at radius 1 is 1.21 bits per heavy atom. The maximum absolute atomic E-state index is 5.68. The molecular weight excluding hydrogens is 320 g/mol. The van der Waals surface area contributed by atoms with Gasteiger partial charge >= 0.3 is 0 Å². The molecule has 1 fully saturated rings. The molecule has 0 saturated carbocycles. The van der Waals surface area contributed by atoms with Gasteiger partial charge in [0.15, 0.2) is 10.8 Å². The van der Waals surface area contributed by atoms with Crippen molar-refractivity contribution in [2.24, 2.45) is 0 Å². The maximum atomic E-state index is 5.68. The second kappa shape index (κ2) is 6.47. The number of hydrogen-bond acceptors (Lipinski definition) is 5. The molecule has 24 heavy (non-hydrogen) atoms. The number of likely N-dealkylation sites (N-methyl/N-ethyl adjacent to an activating group) is 1. The van der Waals surface area contributed by atoms with Crippen LogP contribution in [0.3, 0.4) is 0 Å². The van der Waals surface area contributed by atoms with Crippen molar-refractivity contribution < 1.29 is 4.74 Å². The van der Waals surface area contributed by atoms with Crippen molar-refractivity contribution in [2.75, 3.05) is 27.2 Å². The van der Waals surface area contributed by atoms with E-state index < -0.39 is 0 Å². The molecule has 124 valence electrons. The van der Waals surface area contributed by atoms with Crippen molar-refractivity contribution in [2.45, 2.75) is 12.1 Å². The molecule has 3 aromatic rings. The summed E-state index contributed by atoms with van der Waals surface area (Å²) < 4.78 is 7.89. The Balaban J connectivity index is 1.67. The van der Waals surface area contributed by atoms with E-state index >= 15 is 0 Å². The summed E-state index contributed by atoms with van der Waals surface area (Å²) in [4.78, 5) is 11.7. The van der Waals surface area contributed by atoms with E-state index in [-0.39, 0.29) is 12.1 Å². The SMILES string of the molecule is CO[C@H]1CN(C)C[C@@H]1n1ccnc1-c1nc(-c2ccccc2)cs1. The van der Waals surface area contributed by atoms with Crippen LogP contribution in [0, 0.1) is 0 Å². The topological polar surface area (TPSA) is 43.2 Å². The fraction of sp³-hybridized carbons (Fsp3) is 0.333. The molecule has 1 aromatic carbocycles. The standard InChI is InChI=1S/C18H20N4OS/c1-21-10-15(16(11-21)23-2)22-9-8-19-17(22)18-20-14(12-24-18)13-6-4-3-5-7-13/h3-9,12,15-16H,10-11H2,1-2H3/t15-,16-/m0/s1. The number of imidazole rings is 1. The fourth-order valence-corrected chi connectivity index (χ4v) is 4.13. The van der Waals surface area contributed by atoms with E-state index in [0.29, 0.717) is 0 Å². The molecule has 0 bridgehead atoms. The summed E-state index contributed by atoms with van der Waals surface area (Å²) in [7, 11) is 3.91. The van der Waals surface area contributed by atoms with Crippen molar-refractivity contribution >= 4 is 11.3 Å². The van der Waals surface area contributed by atoms with E-state index in [0.717, 1.165) is 35.2 Å². The van der Waals surface area contributed by atoms with Crippen LogP contribution in [0.4, 0.5) is 0 Å². The molecule has 0 N–H and O–H groups in total. The van der Waals surface area contributed by atoms with Crippen LogP contribution >= 0.6 is 11.3 Å². The van der Waals surface area contributed by atoms with Gasteiger partial charge in [-0.05, 0) is 7.05 Å². The molecule has 4 rings (SSSR count). The zero-order valence-electron chi connectivity index (χ0n) is 13.8. The van der Waals surface area contributed by atoms with Gasteiger partial charge in [-0.1, -0.05) is 30.3 Å². The molecule has 6 heteroatoms. The van der Waals surface area contributed by atoms with Crippen LogP contribution < -0.4 is 0 Å². The van der Waals surface area contributed by atoms with Gasteiger partial charge < -0.3 is 14.2 Å². The molecule has 0 unspecified atom stereocenters. The van der Waals surface area contributed by atoms with Crippen LogP contribution in [0.1, 0.15) is 6.04 Å². The van der Waals surface area contributed by atoms with Gasteiger partial charge in [0, 0.05) is 43.5 Å². The molecule has 0 radical (unpaired) electrons. The quantitative estimate of drug-likeness (QED) is 0.732. The van der Waals surface area contributed by atoms with E-state index in [1.807, 2.05) is 30.6 Å². The highest BCUT2D eigenvalue weighted by molar-refractivity contribution is 7.13. The third-order valence-corrected chi connectivity index (χ3v) is 5.35. The summed E-state index contributed by atoms with van der Waals surface area (Å²) in [5.41, 5.74) is 2.13. The first-order chi connectivity index (χ1) is 11.8. The minimum atomic E-state index is 0.177. The van der Waals surface area contributed by atoms with Gasteiger partial charge in [-0.3, -0.25) is 0 Å². The highest BCUT2D eigenvalue weighted by Crippen LogP contribution is 2.32. The van der Waals surface area contributed by atoms with Gasteiger partial charge in [0.2, 0.25) is 0 Å². The molecule has 1 aliphatic heterocycles. The van der Waals surface area contributed by atoms with Crippen LogP contribution in [0.2, 0.25) is 0 Å². The molecule has 0 spiro atoms. The second-order valence-corrected chi connectivity index (χ2v) is 6.98. The lowest BCUT2D eigenvalue weighted by Crippen LogP contribution is -2.24. The Hall–Kier alpha value is -2.02. The van der Waals surface area contributed by atoms with Crippen LogP contribution in [0.5, 0.6) is 0 Å². The largest absolute Gasteiger partial charge is 0.378 e. The summed E-state index contributed by atoms with van der Waals surface area (Å²) in [5.74, 6) is 0.921. The zero-order valence-corrected chi connectivity index (χ0v) is 14.6. The van der Waals surface area contributed by atoms with E-state index in [2.05, 4.69) is 39.0 Å². The summed E-state index contributed by atoms with van der Waals surface area (Å²) in [6.45, 7) is 1.89. The first kappa shape index (κ1) is 15.5. The monoisotopic (exact) mass is 340 g/mol. The third kappa shape index (κ3) is 2.77. The van der Waals surface area contributed by atoms with Gasteiger partial charge in [-0.2, -0.15) is 0 Å². The van der Waals surface area contributed by atoms with Crippen LogP contribution in [-0.4, -0.2) is 52.8 Å². The molecular formula is C18H20N4OS. The van der Waals surface area contributed by atoms with Gasteiger partial charge in [-0.15, -0.1) is 11.3 Å². The smallest absolute Gasteiger partial charge is 0.169 e. The van der Waals surface area contributed by atoms with Gasteiger partial charge in [0.25, 0.3) is 0 Å². The lowest BCUT2D eigenvalue weighted by Gasteiger charge is -2.20. The van der Waals surface area contributed by atoms with Gasteiger partial charge in [0.05, 0.1) is 17.8 Å². The summed E-state index contributed by atoms with van der Waals surface area (Å²) in [5, 5.41) is 3.04. The normalized spacial score (nSPS) is 21.4. The first-order valence-corrected chi connectivity index (χ1v) is 8.89. The van der Waals surface area contributed by atoms with Crippen molar-refractivity contribution in [3.8, 4) is 22.1 Å². The number of methoxy groups -OCH3 is 1. The van der Waals surface area contributed by atoms with Crippen molar-refractivity contribution in [1.82, 2.24) is 19.4 Å². The van der Waals surface area contributed by atoms with Crippen molar-refractivity contribution in [1.29, 1.82) is 0 Å². The highest BCUT2D eigenvalue weighted by Gasteiger charge is 2.33. The van der Waals surface area contributed by atoms with Crippen molar-refractivity contribution in [3.05, 3.63) is 48.1 Å². The average molecular weight is 340 g/mol. The van der Waals surface area contributed by atoms with Gasteiger partial charge in [-0.25, -0.2) is 9.97 Å². The lowest BCUT2D eigenvalue weighted by molar-refractivity contribution is 0.0832. The molecule has 1 saturated heterocycles. The van der Waals surface area contributed by atoms with Crippen LogP contribution in [-0.2, 0) is 4.74 Å². The van der Waals surface area contributed by atoms with Crippen molar-refractivity contribution in [3.63, 3.8) is 0 Å². The molecule has 3 heterocycles. The number of benzene rings is 1. The lowest BCUT2D eigenvalue weighted by atomic mass is 10.2. The molecule has 2 aromatic heterocycles. The Morgan fingerprint density at radius 3 is 2.83 bits per heavy atom. The Bertz CT molecular complexity index is 813. The minimum Gasteiger partial charge on any atom is -0.378 e. The van der Waals surface area contributed by atoms with Crippen LogP contribution in [0.25, 0.3) is 22.1 Å². The third-order valence-electron chi connectivity index (χ3n) is 4.51. The van der Waals surface area contributed by atoms with E-state index in [4.69, 9.17) is 9.72 Å². The van der Waals surface area contributed by atoms with E-state index in [1.165, 1.54) is 0 Å². The Labute approximate surface area is 145 Å². The number of thiazole rings is 1. The number of aromatic nitrogens is 3. The average Bonchev–Trinajstić information content (AvgIpc) is 3.33. The van der Waals surface area contributed by atoms with E-state index in [1.54, 1.807) is 18.4 Å². The maximum Gasteiger partial charge on any atom is 0.169 e. The fourth-order valence-electron chi connectivity index (χ4n) is 3.30. The highest BCUT2D eigenvalue weighted by atomic mass is 32.1. The molecule has 0 amide bonds. The number of rotatable bonds is 4. The molecule has 5 nitrogen and oxygen atoms in total. The summed E-state index contributed by atoms with van der Waals surface area (Å²) in [6.07, 6.45) is 4.06. The Morgan fingerprint density at radius 2 is 2.04 bits per heavy atom. The number of hydrogen-bond donors (Lipinski definition) is 0. The zero-order chi connectivity index (χ0) is 16.5. The van der Waals surface area contributed by atoms with Crippen LogP contribution in [0.15, 0.2) is 48.1 Å². The predicted octanol–water partition coefficient (Wildman–Crippen LogP) is 3.18. The predicted molar refractivity (Wildman–Crippen MR) is 96.1 cm³/mol. The number of likely N-dealkylation sites (tertiary alicyclic amines) is 1. The van der Waals surface area contributed by atoms with Gasteiger partial charge in [0.1, 0.15) is 0 Å². The second-order valence-electron chi connectivity index (χ2n) is 6.12. The summed E-state index contributed by atoms with van der Waals surface area (Å²) in [6, 6.07) is 10.5. The van der Waals surface area contributed by atoms with E-state index in [9.17, 15) is 0 Å². The number of ether oxygens (including phenoxy) is 1. The first-order valence-electron chi connectivity index (χ1n) is 8.01. The summed E-state index contributed by atoms with van der Waals surface area (Å²) >= 11 is 1.64. The molecule has 1 aliphatic rings. The molecule has 0 aliphatic carbocycles. The minimum absolute atomic E-state index is 0.177. The molecule has 2 atom stereocenters. The Kier molecular flexibility index (Phi) is 4.18.